The SMILES string of the molecule is COCc1ccc(OC)cc1C1(C(C)N)CC1. The fraction of sp³-hybridized carbons (Fsp3) is 0.571. The monoisotopic (exact) mass is 235 g/mol. The molecule has 0 aliphatic heterocycles. The molecule has 0 heterocycles. The molecule has 0 bridgehead atoms. The van der Waals surface area contributed by atoms with Crippen LogP contribution in [-0.4, -0.2) is 20.3 Å². The third kappa shape index (κ3) is 2.17. The minimum absolute atomic E-state index is 0.141. The van der Waals surface area contributed by atoms with Crippen molar-refractivity contribution >= 4 is 0 Å². The lowest BCUT2D eigenvalue weighted by Gasteiger charge is -2.23. The van der Waals surface area contributed by atoms with Gasteiger partial charge in [0.15, 0.2) is 0 Å². The van der Waals surface area contributed by atoms with Gasteiger partial charge in [-0.25, -0.2) is 0 Å². The molecule has 94 valence electrons. The Bertz CT molecular complexity index is 397. The molecule has 3 nitrogen and oxygen atoms in total. The van der Waals surface area contributed by atoms with Crippen LogP contribution in [0.5, 0.6) is 5.75 Å². The summed E-state index contributed by atoms with van der Waals surface area (Å²) in [6, 6.07) is 6.35. The Morgan fingerprint density at radius 2 is 2.06 bits per heavy atom. The lowest BCUT2D eigenvalue weighted by atomic mass is 9.86. The first kappa shape index (κ1) is 12.4. The molecule has 0 aromatic heterocycles. The first-order chi connectivity index (χ1) is 8.14. The molecule has 0 spiro atoms. The molecule has 1 aliphatic rings. The summed E-state index contributed by atoms with van der Waals surface area (Å²) in [5, 5.41) is 0. The van der Waals surface area contributed by atoms with Crippen LogP contribution in [0.1, 0.15) is 30.9 Å². The van der Waals surface area contributed by atoms with Crippen LogP contribution >= 0.6 is 0 Å². The van der Waals surface area contributed by atoms with Gasteiger partial charge < -0.3 is 15.2 Å². The quantitative estimate of drug-likeness (QED) is 0.851. The average Bonchev–Trinajstić information content (AvgIpc) is 3.11. The Morgan fingerprint density at radius 3 is 2.53 bits per heavy atom. The van der Waals surface area contributed by atoms with Gasteiger partial charge in [0, 0.05) is 18.6 Å². The Hall–Kier alpha value is -1.06. The van der Waals surface area contributed by atoms with Gasteiger partial charge in [-0.1, -0.05) is 6.07 Å². The minimum atomic E-state index is 0.141. The zero-order valence-electron chi connectivity index (χ0n) is 10.8. The van der Waals surface area contributed by atoms with Crippen molar-refractivity contribution in [2.75, 3.05) is 14.2 Å². The molecule has 0 amide bonds. The second-order valence-electron chi connectivity index (χ2n) is 4.90. The van der Waals surface area contributed by atoms with E-state index in [1.807, 2.05) is 6.07 Å². The summed E-state index contributed by atoms with van der Waals surface area (Å²) in [6.07, 6.45) is 2.32. The molecule has 1 aromatic carbocycles. The van der Waals surface area contributed by atoms with E-state index >= 15 is 0 Å². The predicted octanol–water partition coefficient (Wildman–Crippen LogP) is 2.22. The average molecular weight is 235 g/mol. The summed E-state index contributed by atoms with van der Waals surface area (Å²) in [6.45, 7) is 2.72. The van der Waals surface area contributed by atoms with Crippen LogP contribution in [0.3, 0.4) is 0 Å². The maximum Gasteiger partial charge on any atom is 0.119 e. The molecule has 1 aromatic rings. The van der Waals surface area contributed by atoms with E-state index in [1.165, 1.54) is 11.1 Å². The van der Waals surface area contributed by atoms with Crippen LogP contribution in [0.4, 0.5) is 0 Å². The van der Waals surface area contributed by atoms with Crippen molar-refractivity contribution in [2.24, 2.45) is 5.73 Å². The molecule has 1 atom stereocenters. The molecule has 2 rings (SSSR count). The lowest BCUT2D eigenvalue weighted by molar-refractivity contribution is 0.183. The summed E-state index contributed by atoms with van der Waals surface area (Å²) < 4.78 is 10.6. The molecular weight excluding hydrogens is 214 g/mol. The van der Waals surface area contributed by atoms with E-state index in [1.54, 1.807) is 14.2 Å². The molecule has 1 unspecified atom stereocenters. The summed E-state index contributed by atoms with van der Waals surface area (Å²) in [7, 11) is 3.42. The highest BCUT2D eigenvalue weighted by Gasteiger charge is 2.48. The van der Waals surface area contributed by atoms with Gasteiger partial charge in [-0.3, -0.25) is 0 Å². The standard InChI is InChI=1S/C14H21NO2/c1-10(15)14(6-7-14)13-8-12(17-3)5-4-11(13)9-16-2/h4-5,8,10H,6-7,9,15H2,1-3H3. The van der Waals surface area contributed by atoms with Crippen molar-refractivity contribution in [3.8, 4) is 5.75 Å². The molecule has 0 radical (unpaired) electrons. The van der Waals surface area contributed by atoms with Crippen molar-refractivity contribution in [3.05, 3.63) is 29.3 Å². The largest absolute Gasteiger partial charge is 0.497 e. The lowest BCUT2D eigenvalue weighted by Crippen LogP contribution is -2.32. The van der Waals surface area contributed by atoms with Gasteiger partial charge in [0.25, 0.3) is 0 Å². The van der Waals surface area contributed by atoms with E-state index in [0.29, 0.717) is 6.61 Å². The minimum Gasteiger partial charge on any atom is -0.497 e. The summed E-state index contributed by atoms with van der Waals surface area (Å²) in [5.74, 6) is 0.895. The number of benzene rings is 1. The third-order valence-corrected chi connectivity index (χ3v) is 3.81. The predicted molar refractivity (Wildman–Crippen MR) is 68.3 cm³/mol. The Morgan fingerprint density at radius 1 is 1.35 bits per heavy atom. The molecular formula is C14H21NO2. The first-order valence-corrected chi connectivity index (χ1v) is 6.06. The number of ether oxygens (including phenoxy) is 2. The Balaban J connectivity index is 2.42. The van der Waals surface area contributed by atoms with Crippen molar-refractivity contribution < 1.29 is 9.47 Å². The zero-order valence-corrected chi connectivity index (χ0v) is 10.8. The second kappa shape index (κ2) is 4.67. The Kier molecular flexibility index (Phi) is 3.40. The van der Waals surface area contributed by atoms with Crippen molar-refractivity contribution in [1.29, 1.82) is 0 Å². The maximum atomic E-state index is 6.14. The molecule has 17 heavy (non-hydrogen) atoms. The second-order valence-corrected chi connectivity index (χ2v) is 4.90. The zero-order chi connectivity index (χ0) is 12.5. The third-order valence-electron chi connectivity index (χ3n) is 3.81. The first-order valence-electron chi connectivity index (χ1n) is 6.06. The van der Waals surface area contributed by atoms with Crippen molar-refractivity contribution in [2.45, 2.75) is 37.8 Å². The highest BCUT2D eigenvalue weighted by Crippen LogP contribution is 2.52. The normalized spacial score (nSPS) is 18.8. The van der Waals surface area contributed by atoms with Crippen molar-refractivity contribution in [1.82, 2.24) is 0 Å². The van der Waals surface area contributed by atoms with Gasteiger partial charge in [-0.15, -0.1) is 0 Å². The molecule has 1 fully saturated rings. The van der Waals surface area contributed by atoms with Crippen LogP contribution < -0.4 is 10.5 Å². The number of hydrogen-bond donors (Lipinski definition) is 1. The van der Waals surface area contributed by atoms with Gasteiger partial charge >= 0.3 is 0 Å². The van der Waals surface area contributed by atoms with E-state index in [9.17, 15) is 0 Å². The van der Waals surface area contributed by atoms with E-state index in [0.717, 1.165) is 18.6 Å². The number of hydrogen-bond acceptors (Lipinski definition) is 3. The highest BCUT2D eigenvalue weighted by molar-refractivity contribution is 5.44. The van der Waals surface area contributed by atoms with Crippen LogP contribution in [-0.2, 0) is 16.8 Å². The molecule has 2 N–H and O–H groups in total. The van der Waals surface area contributed by atoms with Crippen LogP contribution in [0.25, 0.3) is 0 Å². The maximum absolute atomic E-state index is 6.14. The van der Waals surface area contributed by atoms with Gasteiger partial charge in [0.05, 0.1) is 13.7 Å². The van der Waals surface area contributed by atoms with Gasteiger partial charge in [-0.05, 0) is 43.0 Å². The number of methoxy groups -OCH3 is 2. The molecule has 3 heteroatoms. The van der Waals surface area contributed by atoms with E-state index < -0.39 is 0 Å². The van der Waals surface area contributed by atoms with Crippen LogP contribution in [0, 0.1) is 0 Å². The highest BCUT2D eigenvalue weighted by atomic mass is 16.5. The van der Waals surface area contributed by atoms with Crippen LogP contribution in [0.15, 0.2) is 18.2 Å². The summed E-state index contributed by atoms with van der Waals surface area (Å²) in [5.41, 5.74) is 8.81. The number of nitrogens with two attached hydrogens (primary N) is 1. The van der Waals surface area contributed by atoms with Gasteiger partial charge in [0.2, 0.25) is 0 Å². The smallest absolute Gasteiger partial charge is 0.119 e. The van der Waals surface area contributed by atoms with Gasteiger partial charge in [0.1, 0.15) is 5.75 Å². The Labute approximate surface area is 103 Å². The van der Waals surface area contributed by atoms with Crippen LogP contribution in [0.2, 0.25) is 0 Å². The fourth-order valence-corrected chi connectivity index (χ4v) is 2.53. The summed E-state index contributed by atoms with van der Waals surface area (Å²) in [4.78, 5) is 0. The topological polar surface area (TPSA) is 44.5 Å². The molecule has 0 saturated heterocycles. The summed E-state index contributed by atoms with van der Waals surface area (Å²) >= 11 is 0. The van der Waals surface area contributed by atoms with E-state index in [2.05, 4.69) is 19.1 Å². The van der Waals surface area contributed by atoms with E-state index in [-0.39, 0.29) is 11.5 Å². The number of rotatable bonds is 5. The fourth-order valence-electron chi connectivity index (χ4n) is 2.53. The molecule has 1 aliphatic carbocycles. The van der Waals surface area contributed by atoms with Crippen molar-refractivity contribution in [3.63, 3.8) is 0 Å². The van der Waals surface area contributed by atoms with Gasteiger partial charge in [-0.2, -0.15) is 0 Å². The molecule has 1 saturated carbocycles. The van der Waals surface area contributed by atoms with E-state index in [4.69, 9.17) is 15.2 Å².